The summed E-state index contributed by atoms with van der Waals surface area (Å²) < 4.78 is 0. The van der Waals surface area contributed by atoms with E-state index >= 15 is 0 Å². The minimum absolute atomic E-state index is 0.387. The first-order chi connectivity index (χ1) is 10.2. The first-order valence-electron chi connectivity index (χ1n) is 7.35. The molecule has 0 saturated carbocycles. The van der Waals surface area contributed by atoms with Gasteiger partial charge in [0, 0.05) is 31.2 Å². The molecule has 0 spiro atoms. The Morgan fingerprint density at radius 1 is 1.14 bits per heavy atom. The van der Waals surface area contributed by atoms with Crippen LogP contribution in [0.5, 0.6) is 0 Å². The third kappa shape index (κ3) is 3.08. The lowest BCUT2D eigenvalue weighted by Gasteiger charge is -2.30. The topological polar surface area (TPSA) is 16.1 Å². The van der Waals surface area contributed by atoms with Crippen LogP contribution in [0.3, 0.4) is 0 Å². The lowest BCUT2D eigenvalue weighted by Crippen LogP contribution is -2.30. The predicted molar refractivity (Wildman–Crippen MR) is 91.0 cm³/mol. The van der Waals surface area contributed by atoms with Crippen LogP contribution in [0.25, 0.3) is 5.57 Å². The highest BCUT2D eigenvalue weighted by molar-refractivity contribution is 6.33. The minimum Gasteiger partial charge on any atom is -0.367 e. The third-order valence-electron chi connectivity index (χ3n) is 4.02. The molecule has 1 aliphatic rings. The van der Waals surface area contributed by atoms with Crippen molar-refractivity contribution in [2.75, 3.05) is 0 Å². The van der Waals surface area contributed by atoms with Crippen LogP contribution in [0.4, 0.5) is 0 Å². The van der Waals surface area contributed by atoms with Crippen LogP contribution in [0.15, 0.2) is 67.1 Å². The van der Waals surface area contributed by atoms with Gasteiger partial charge in [-0.1, -0.05) is 35.8 Å². The third-order valence-corrected chi connectivity index (χ3v) is 4.02. The molecule has 0 amide bonds. The summed E-state index contributed by atoms with van der Waals surface area (Å²) in [6.07, 6.45) is 10.4. The van der Waals surface area contributed by atoms with Gasteiger partial charge < -0.3 is 4.90 Å². The molecule has 0 fully saturated rings. The average molecular weight is 274 g/mol. The van der Waals surface area contributed by atoms with Crippen molar-refractivity contribution in [3.05, 3.63) is 78.3 Å². The number of aromatic nitrogens is 1. The molecule has 0 radical (unpaired) electrons. The molecule has 1 atom stereocenters. The van der Waals surface area contributed by atoms with Crippen molar-refractivity contribution < 1.29 is 0 Å². The number of nitrogens with zero attached hydrogens (tertiary/aromatic N) is 2. The van der Waals surface area contributed by atoms with Gasteiger partial charge in [-0.05, 0) is 41.8 Å². The average Bonchev–Trinajstić information content (AvgIpc) is 2.52. The lowest BCUT2D eigenvalue weighted by atomic mass is 9.90. The second kappa shape index (κ2) is 6.00. The van der Waals surface area contributed by atoms with E-state index in [2.05, 4.69) is 79.4 Å². The first-order valence-corrected chi connectivity index (χ1v) is 7.35. The highest BCUT2D eigenvalue weighted by atomic mass is 15.1. The normalized spacial score (nSPS) is 17.7. The van der Waals surface area contributed by atoms with Crippen molar-refractivity contribution in [1.82, 2.24) is 9.88 Å². The maximum Gasteiger partial charge on any atom is 0.139 e. The van der Waals surface area contributed by atoms with Gasteiger partial charge in [0.25, 0.3) is 0 Å². The summed E-state index contributed by atoms with van der Waals surface area (Å²) in [6, 6.07) is 13.1. The molecule has 2 heterocycles. The molecule has 1 aromatic carbocycles. The molecular formula is C18H19BN2. The zero-order valence-electron chi connectivity index (χ0n) is 12.5. The van der Waals surface area contributed by atoms with E-state index in [0.717, 1.165) is 6.54 Å². The summed E-state index contributed by atoms with van der Waals surface area (Å²) in [5.41, 5.74) is 5.23. The van der Waals surface area contributed by atoms with Crippen LogP contribution < -0.4 is 5.46 Å². The maximum atomic E-state index is 4.08. The second-order valence-corrected chi connectivity index (χ2v) is 5.51. The van der Waals surface area contributed by atoms with E-state index in [1.54, 1.807) is 0 Å². The molecule has 1 aromatic heterocycles. The van der Waals surface area contributed by atoms with Crippen LogP contribution in [-0.2, 0) is 6.54 Å². The molecular weight excluding hydrogens is 255 g/mol. The van der Waals surface area contributed by atoms with Crippen molar-refractivity contribution in [3.63, 3.8) is 0 Å². The molecule has 0 saturated heterocycles. The zero-order chi connectivity index (χ0) is 14.7. The van der Waals surface area contributed by atoms with Crippen molar-refractivity contribution in [2.24, 2.45) is 0 Å². The SMILES string of the molecule is Bc1ccccc1CN1C=CC(c2ccncc2)=CC1C. The predicted octanol–water partition coefficient (Wildman–Crippen LogP) is 2.14. The van der Waals surface area contributed by atoms with Crippen LogP contribution in [-0.4, -0.2) is 23.8 Å². The number of hydrogen-bond acceptors (Lipinski definition) is 2. The Morgan fingerprint density at radius 2 is 1.90 bits per heavy atom. The van der Waals surface area contributed by atoms with Gasteiger partial charge in [-0.2, -0.15) is 0 Å². The summed E-state index contributed by atoms with van der Waals surface area (Å²) in [5.74, 6) is 0. The van der Waals surface area contributed by atoms with E-state index < -0.39 is 0 Å². The van der Waals surface area contributed by atoms with E-state index in [0.29, 0.717) is 6.04 Å². The highest BCUT2D eigenvalue weighted by Gasteiger charge is 2.14. The number of hydrogen-bond donors (Lipinski definition) is 0. The summed E-state index contributed by atoms with van der Waals surface area (Å²) in [6.45, 7) is 3.19. The molecule has 1 unspecified atom stereocenters. The molecule has 2 nitrogen and oxygen atoms in total. The van der Waals surface area contributed by atoms with Gasteiger partial charge in [-0.25, -0.2) is 0 Å². The van der Waals surface area contributed by atoms with E-state index in [-0.39, 0.29) is 0 Å². The Balaban J connectivity index is 1.77. The Kier molecular flexibility index (Phi) is 3.91. The van der Waals surface area contributed by atoms with E-state index in [1.165, 1.54) is 22.2 Å². The molecule has 1 aliphatic heterocycles. The second-order valence-electron chi connectivity index (χ2n) is 5.51. The molecule has 21 heavy (non-hydrogen) atoms. The molecule has 0 bridgehead atoms. The Labute approximate surface area is 127 Å². The van der Waals surface area contributed by atoms with Gasteiger partial charge in [0.1, 0.15) is 7.85 Å². The largest absolute Gasteiger partial charge is 0.367 e. The summed E-state index contributed by atoms with van der Waals surface area (Å²) in [5, 5.41) is 0. The quantitative estimate of drug-likeness (QED) is 0.797. The van der Waals surface area contributed by atoms with E-state index in [1.807, 2.05) is 12.4 Å². The number of rotatable bonds is 3. The van der Waals surface area contributed by atoms with Gasteiger partial charge in [-0.3, -0.25) is 4.98 Å². The van der Waals surface area contributed by atoms with Gasteiger partial charge in [0.15, 0.2) is 0 Å². The molecule has 2 aromatic rings. The Bertz CT molecular complexity index is 677. The molecule has 0 aliphatic carbocycles. The fourth-order valence-electron chi connectivity index (χ4n) is 2.64. The lowest BCUT2D eigenvalue weighted by molar-refractivity contribution is 0.327. The van der Waals surface area contributed by atoms with E-state index in [4.69, 9.17) is 0 Å². The van der Waals surface area contributed by atoms with Gasteiger partial charge in [0.05, 0.1) is 0 Å². The standard InChI is InChI=1S/C18H19BN2/c1-14-12-16(15-6-9-20-10-7-15)8-11-21(14)13-17-4-2-3-5-18(17)19/h2-12,14H,13,19H2,1H3. The maximum absolute atomic E-state index is 4.08. The van der Waals surface area contributed by atoms with Crippen molar-refractivity contribution in [1.29, 1.82) is 0 Å². The molecule has 3 heteroatoms. The number of allylic oxidation sites excluding steroid dienone is 2. The van der Waals surface area contributed by atoms with Gasteiger partial charge in [0.2, 0.25) is 0 Å². The van der Waals surface area contributed by atoms with Crippen molar-refractivity contribution in [3.8, 4) is 0 Å². The van der Waals surface area contributed by atoms with Gasteiger partial charge >= 0.3 is 0 Å². The molecule has 3 rings (SSSR count). The fraction of sp³-hybridized carbons (Fsp3) is 0.167. The Hall–Kier alpha value is -2.29. The Morgan fingerprint density at radius 3 is 2.62 bits per heavy atom. The molecule has 0 N–H and O–H groups in total. The summed E-state index contributed by atoms with van der Waals surface area (Å²) in [7, 11) is 2.17. The summed E-state index contributed by atoms with van der Waals surface area (Å²) in [4.78, 5) is 6.45. The van der Waals surface area contributed by atoms with Crippen LogP contribution in [0.2, 0.25) is 0 Å². The zero-order valence-corrected chi connectivity index (χ0v) is 12.5. The number of pyridine rings is 1. The fourth-order valence-corrected chi connectivity index (χ4v) is 2.64. The van der Waals surface area contributed by atoms with Crippen LogP contribution >= 0.6 is 0 Å². The van der Waals surface area contributed by atoms with E-state index in [9.17, 15) is 0 Å². The van der Waals surface area contributed by atoms with Crippen LogP contribution in [0, 0.1) is 0 Å². The first kappa shape index (κ1) is 13.7. The molecule has 104 valence electrons. The summed E-state index contributed by atoms with van der Waals surface area (Å²) >= 11 is 0. The smallest absolute Gasteiger partial charge is 0.139 e. The van der Waals surface area contributed by atoms with Gasteiger partial charge in [-0.15, -0.1) is 0 Å². The number of benzene rings is 1. The highest BCUT2D eigenvalue weighted by Crippen LogP contribution is 2.23. The van der Waals surface area contributed by atoms with Crippen LogP contribution in [0.1, 0.15) is 18.1 Å². The minimum atomic E-state index is 0.387. The van der Waals surface area contributed by atoms with Crippen molar-refractivity contribution >= 4 is 18.9 Å². The monoisotopic (exact) mass is 274 g/mol. The van der Waals surface area contributed by atoms with Crippen molar-refractivity contribution in [2.45, 2.75) is 19.5 Å².